The van der Waals surface area contributed by atoms with E-state index in [0.29, 0.717) is 6.61 Å². The predicted molar refractivity (Wildman–Crippen MR) is 91.5 cm³/mol. The van der Waals surface area contributed by atoms with Crippen LogP contribution in [-0.4, -0.2) is 50.4 Å². The fourth-order valence-corrected chi connectivity index (χ4v) is 2.45. The summed E-state index contributed by atoms with van der Waals surface area (Å²) in [4.78, 5) is 22.7. The maximum atomic E-state index is 11.7. The second kappa shape index (κ2) is 11.0. The summed E-state index contributed by atoms with van der Waals surface area (Å²) in [6.45, 7) is 2.48. The van der Waals surface area contributed by atoms with Crippen LogP contribution in [0.1, 0.15) is 32.6 Å². The zero-order valence-corrected chi connectivity index (χ0v) is 14.6. The lowest BCUT2D eigenvalue weighted by Gasteiger charge is -2.25. The summed E-state index contributed by atoms with van der Waals surface area (Å²) in [6.07, 6.45) is 2.23. The first-order valence-corrected chi connectivity index (χ1v) is 8.67. The molecule has 0 spiro atoms. The number of Topliss-reactive ketones (excluding diaryl/α,β-unsaturated/α-hetero) is 2. The van der Waals surface area contributed by atoms with E-state index >= 15 is 0 Å². The summed E-state index contributed by atoms with van der Waals surface area (Å²) in [5.74, 6) is 0.309. The first kappa shape index (κ1) is 19.6. The highest BCUT2D eigenvalue weighted by atomic mass is 16.7. The van der Waals surface area contributed by atoms with Gasteiger partial charge in [0.1, 0.15) is 30.9 Å². The van der Waals surface area contributed by atoms with Crippen LogP contribution in [0, 0.1) is 0 Å². The molecule has 25 heavy (non-hydrogen) atoms. The monoisotopic (exact) mass is 350 g/mol. The van der Waals surface area contributed by atoms with Crippen molar-refractivity contribution in [1.29, 1.82) is 0 Å². The molecule has 1 aliphatic rings. The van der Waals surface area contributed by atoms with Crippen LogP contribution >= 0.6 is 0 Å². The Kier molecular flexibility index (Phi) is 8.59. The highest BCUT2D eigenvalue weighted by Crippen LogP contribution is 2.15. The molecular weight excluding hydrogens is 324 g/mol. The van der Waals surface area contributed by atoms with E-state index in [4.69, 9.17) is 18.9 Å². The summed E-state index contributed by atoms with van der Waals surface area (Å²) in [5.41, 5.74) is 0. The molecule has 1 heterocycles. The number of carbonyl (C=O) groups is 2. The number of benzene rings is 1. The highest BCUT2D eigenvalue weighted by molar-refractivity contribution is 5.98. The molecule has 1 fully saturated rings. The van der Waals surface area contributed by atoms with Gasteiger partial charge in [-0.15, -0.1) is 0 Å². The summed E-state index contributed by atoms with van der Waals surface area (Å²) in [6, 6.07) is 9.37. The molecule has 1 aromatic carbocycles. The zero-order chi connectivity index (χ0) is 17.9. The van der Waals surface area contributed by atoms with E-state index in [9.17, 15) is 9.59 Å². The molecular formula is C19H26O6. The fourth-order valence-electron chi connectivity index (χ4n) is 2.45. The number of rotatable bonds is 11. The molecule has 6 nitrogen and oxygen atoms in total. The van der Waals surface area contributed by atoms with Crippen molar-refractivity contribution in [2.75, 3.05) is 26.4 Å². The minimum atomic E-state index is -0.415. The van der Waals surface area contributed by atoms with Crippen LogP contribution in [0.15, 0.2) is 30.3 Å². The van der Waals surface area contributed by atoms with E-state index in [1.807, 2.05) is 30.3 Å². The standard InChI is InChI=1S/C19H26O6/c1-15(20)11-16(21)12-23-18(13-24-17-7-3-2-4-8-17)14-25-19-9-5-6-10-22-19/h2-4,7-8,18-19H,5-6,9-14H2,1H3. The van der Waals surface area contributed by atoms with E-state index in [2.05, 4.69) is 0 Å². The molecule has 0 aliphatic carbocycles. The van der Waals surface area contributed by atoms with Crippen LogP contribution in [0.3, 0.4) is 0 Å². The Morgan fingerprint density at radius 3 is 2.68 bits per heavy atom. The van der Waals surface area contributed by atoms with Crippen molar-refractivity contribution in [3.8, 4) is 5.75 Å². The molecule has 0 radical (unpaired) electrons. The van der Waals surface area contributed by atoms with Crippen molar-refractivity contribution in [1.82, 2.24) is 0 Å². The molecule has 0 N–H and O–H groups in total. The molecule has 6 heteroatoms. The highest BCUT2D eigenvalue weighted by Gasteiger charge is 2.19. The second-order valence-electron chi connectivity index (χ2n) is 6.10. The van der Waals surface area contributed by atoms with E-state index < -0.39 is 6.10 Å². The van der Waals surface area contributed by atoms with Crippen LogP contribution in [0.4, 0.5) is 0 Å². The maximum Gasteiger partial charge on any atom is 0.165 e. The predicted octanol–water partition coefficient (Wildman–Crippen LogP) is 2.54. The second-order valence-corrected chi connectivity index (χ2v) is 6.10. The van der Waals surface area contributed by atoms with Gasteiger partial charge in [0.2, 0.25) is 0 Å². The Balaban J connectivity index is 1.80. The molecule has 0 aromatic heterocycles. The average molecular weight is 350 g/mol. The summed E-state index contributed by atoms with van der Waals surface area (Å²) >= 11 is 0. The minimum Gasteiger partial charge on any atom is -0.491 e. The lowest BCUT2D eigenvalue weighted by atomic mass is 10.2. The number of para-hydroxylation sites is 1. The van der Waals surface area contributed by atoms with Gasteiger partial charge in [-0.25, -0.2) is 0 Å². The number of carbonyl (C=O) groups excluding carboxylic acids is 2. The van der Waals surface area contributed by atoms with Gasteiger partial charge in [0, 0.05) is 6.61 Å². The van der Waals surface area contributed by atoms with Gasteiger partial charge in [-0.05, 0) is 38.3 Å². The molecule has 1 aliphatic heterocycles. The Morgan fingerprint density at radius 2 is 2.00 bits per heavy atom. The van der Waals surface area contributed by atoms with Crippen LogP contribution in [0.25, 0.3) is 0 Å². The first-order chi connectivity index (χ1) is 12.1. The average Bonchev–Trinajstić information content (AvgIpc) is 2.62. The minimum absolute atomic E-state index is 0.112. The first-order valence-electron chi connectivity index (χ1n) is 8.67. The van der Waals surface area contributed by atoms with Gasteiger partial charge in [-0.1, -0.05) is 18.2 Å². The van der Waals surface area contributed by atoms with Gasteiger partial charge in [-0.2, -0.15) is 0 Å². The Bertz CT molecular complexity index is 524. The van der Waals surface area contributed by atoms with E-state index in [1.54, 1.807) is 0 Å². The van der Waals surface area contributed by atoms with Crippen molar-refractivity contribution >= 4 is 11.6 Å². The molecule has 2 rings (SSSR count). The molecule has 138 valence electrons. The van der Waals surface area contributed by atoms with Crippen molar-refractivity contribution < 1.29 is 28.5 Å². The molecule has 1 aromatic rings. The Hall–Kier alpha value is -1.76. The molecule has 0 saturated carbocycles. The van der Waals surface area contributed by atoms with Crippen LogP contribution < -0.4 is 4.74 Å². The number of ether oxygens (including phenoxy) is 4. The smallest absolute Gasteiger partial charge is 0.165 e. The van der Waals surface area contributed by atoms with E-state index in [-0.39, 0.29) is 44.1 Å². The Morgan fingerprint density at radius 1 is 1.20 bits per heavy atom. The third-order valence-electron chi connectivity index (χ3n) is 3.71. The van der Waals surface area contributed by atoms with Crippen LogP contribution in [0.5, 0.6) is 5.75 Å². The van der Waals surface area contributed by atoms with Gasteiger partial charge >= 0.3 is 0 Å². The SMILES string of the molecule is CC(=O)CC(=O)COC(COc1ccccc1)COC1CCCCO1. The fraction of sp³-hybridized carbons (Fsp3) is 0.579. The zero-order valence-electron chi connectivity index (χ0n) is 14.6. The third kappa shape index (κ3) is 8.25. The maximum absolute atomic E-state index is 11.7. The van der Waals surface area contributed by atoms with E-state index in [0.717, 1.165) is 25.0 Å². The van der Waals surface area contributed by atoms with Crippen LogP contribution in [-0.2, 0) is 23.8 Å². The van der Waals surface area contributed by atoms with Crippen LogP contribution in [0.2, 0.25) is 0 Å². The lowest BCUT2D eigenvalue weighted by molar-refractivity contribution is -0.182. The summed E-state index contributed by atoms with van der Waals surface area (Å²) in [5, 5.41) is 0. The number of hydrogen-bond acceptors (Lipinski definition) is 6. The molecule has 2 atom stereocenters. The van der Waals surface area contributed by atoms with E-state index in [1.165, 1.54) is 6.92 Å². The molecule has 1 saturated heterocycles. The van der Waals surface area contributed by atoms with Gasteiger partial charge in [0.05, 0.1) is 13.0 Å². The lowest BCUT2D eigenvalue weighted by Crippen LogP contribution is -2.33. The van der Waals surface area contributed by atoms with Crippen molar-refractivity contribution in [2.45, 2.75) is 45.0 Å². The Labute approximate surface area is 148 Å². The van der Waals surface area contributed by atoms with Crippen molar-refractivity contribution in [3.63, 3.8) is 0 Å². The van der Waals surface area contributed by atoms with Gasteiger partial charge in [0.25, 0.3) is 0 Å². The summed E-state index contributed by atoms with van der Waals surface area (Å²) in [7, 11) is 0. The topological polar surface area (TPSA) is 71.1 Å². The third-order valence-corrected chi connectivity index (χ3v) is 3.71. The van der Waals surface area contributed by atoms with Gasteiger partial charge in [-0.3, -0.25) is 9.59 Å². The van der Waals surface area contributed by atoms with Gasteiger partial charge in [0.15, 0.2) is 12.1 Å². The quantitative estimate of drug-likeness (QED) is 0.571. The summed E-state index contributed by atoms with van der Waals surface area (Å²) < 4.78 is 22.6. The van der Waals surface area contributed by atoms with Crippen molar-refractivity contribution in [2.24, 2.45) is 0 Å². The van der Waals surface area contributed by atoms with Crippen molar-refractivity contribution in [3.05, 3.63) is 30.3 Å². The molecule has 0 bridgehead atoms. The largest absolute Gasteiger partial charge is 0.491 e. The van der Waals surface area contributed by atoms with Gasteiger partial charge < -0.3 is 18.9 Å². The molecule has 0 amide bonds. The molecule has 2 unspecified atom stereocenters. The number of ketones is 2. The normalized spacial score (nSPS) is 18.5. The number of hydrogen-bond donors (Lipinski definition) is 0.